The third-order valence-electron chi connectivity index (χ3n) is 4.25. The maximum Gasteiger partial charge on any atom is 0.314 e. The molecule has 3 rings (SSSR count). The first-order valence-electron chi connectivity index (χ1n) is 8.57. The van der Waals surface area contributed by atoms with Crippen molar-refractivity contribution in [3.63, 3.8) is 0 Å². The minimum absolute atomic E-state index is 0.0486. The fourth-order valence-corrected chi connectivity index (χ4v) is 4.49. The summed E-state index contributed by atoms with van der Waals surface area (Å²) < 4.78 is 45.0. The van der Waals surface area contributed by atoms with Gasteiger partial charge in [0, 0.05) is 28.3 Å². The van der Waals surface area contributed by atoms with Crippen LogP contribution >= 0.6 is 23.2 Å². The van der Waals surface area contributed by atoms with Crippen molar-refractivity contribution in [1.29, 1.82) is 0 Å². The molecule has 2 aromatic heterocycles. The van der Waals surface area contributed by atoms with Crippen LogP contribution in [0.5, 0.6) is 0 Å². The van der Waals surface area contributed by atoms with Crippen LogP contribution in [0.4, 0.5) is 14.5 Å². The van der Waals surface area contributed by atoms with Gasteiger partial charge in [-0.2, -0.15) is 8.78 Å². The quantitative estimate of drug-likeness (QED) is 0.502. The van der Waals surface area contributed by atoms with E-state index in [0.717, 1.165) is 0 Å². The summed E-state index contributed by atoms with van der Waals surface area (Å²) >= 11 is 12.2. The third-order valence-corrected chi connectivity index (χ3v) is 7.26. The fraction of sp³-hybridized carbons (Fsp3) is 0.278. The van der Waals surface area contributed by atoms with Gasteiger partial charge in [-0.3, -0.25) is 9.19 Å². The molecular weight excluding hydrogens is 445 g/mol. The van der Waals surface area contributed by atoms with E-state index in [0.29, 0.717) is 32.7 Å². The number of hydrogen-bond acceptors (Lipinski definition) is 5. The maximum atomic E-state index is 13.2. The van der Waals surface area contributed by atoms with Gasteiger partial charge in [0.2, 0.25) is 5.89 Å². The topological polar surface area (TPSA) is 72.1 Å². The van der Waals surface area contributed by atoms with Crippen molar-refractivity contribution < 1.29 is 17.4 Å². The summed E-state index contributed by atoms with van der Waals surface area (Å²) in [7, 11) is -2.74. The zero-order valence-corrected chi connectivity index (χ0v) is 17.9. The van der Waals surface area contributed by atoms with E-state index in [1.807, 2.05) is 6.92 Å². The number of rotatable bonds is 7. The lowest BCUT2D eigenvalue weighted by Gasteiger charge is -2.35. The number of anilines is 1. The van der Waals surface area contributed by atoms with Gasteiger partial charge in [-0.05, 0) is 40.5 Å². The molecule has 11 heteroatoms. The van der Waals surface area contributed by atoms with Crippen molar-refractivity contribution >= 4 is 39.0 Å². The number of nitrogens with zero attached hydrogens (tertiary/aromatic N) is 4. The van der Waals surface area contributed by atoms with Crippen LogP contribution in [0.2, 0.25) is 10.0 Å². The van der Waals surface area contributed by atoms with Gasteiger partial charge >= 0.3 is 6.43 Å². The Morgan fingerprint density at radius 2 is 1.86 bits per heavy atom. The number of pyridine rings is 1. The number of halogens is 4. The number of thiol groups is 1. The van der Waals surface area contributed by atoms with E-state index >= 15 is 0 Å². The maximum absolute atomic E-state index is 13.2. The molecule has 0 N–H and O–H groups in total. The predicted molar refractivity (Wildman–Crippen MR) is 111 cm³/mol. The van der Waals surface area contributed by atoms with Gasteiger partial charge < -0.3 is 8.72 Å². The molecule has 3 aromatic rings. The fourth-order valence-electron chi connectivity index (χ4n) is 2.58. The normalized spacial score (nSPS) is 12.4. The van der Waals surface area contributed by atoms with E-state index in [1.165, 1.54) is 6.20 Å². The molecule has 0 fully saturated rings. The standard InChI is InChI=1S/C18H18Cl2F2N4O2S/c1-3-29(2,27)26(15-7-12(19)6-13(20)8-15)10-14-5-4-11(9-23-14)17-24-25-18(28-17)16(21)22/h4-9,16,29H,3,10H2,1-2H3. The molecular formula is C18H18Cl2F2N4O2S. The number of benzene rings is 1. The molecule has 0 saturated heterocycles. The van der Waals surface area contributed by atoms with Crippen LogP contribution in [0.1, 0.15) is 24.9 Å². The first-order chi connectivity index (χ1) is 13.7. The molecule has 0 aliphatic carbocycles. The summed E-state index contributed by atoms with van der Waals surface area (Å²) in [6.07, 6.45) is 0.281. The van der Waals surface area contributed by atoms with Gasteiger partial charge in [-0.1, -0.05) is 30.1 Å². The summed E-state index contributed by atoms with van der Waals surface area (Å²) in [6.45, 7) is 2.08. The number of aromatic nitrogens is 3. The van der Waals surface area contributed by atoms with Crippen LogP contribution in [0.15, 0.2) is 40.9 Å². The first-order valence-corrected chi connectivity index (χ1v) is 11.6. The number of hydrogen-bond donors (Lipinski definition) is 1. The van der Waals surface area contributed by atoms with E-state index in [9.17, 15) is 13.0 Å². The highest BCUT2D eigenvalue weighted by atomic mass is 35.5. The van der Waals surface area contributed by atoms with E-state index < -0.39 is 22.4 Å². The molecule has 0 bridgehead atoms. The van der Waals surface area contributed by atoms with E-state index in [2.05, 4.69) is 15.2 Å². The van der Waals surface area contributed by atoms with Crippen LogP contribution in [0, 0.1) is 0 Å². The minimum atomic E-state index is -2.84. The first kappa shape index (κ1) is 21.6. The van der Waals surface area contributed by atoms with E-state index in [-0.39, 0.29) is 12.4 Å². The molecule has 29 heavy (non-hydrogen) atoms. The van der Waals surface area contributed by atoms with Crippen LogP contribution in [0.3, 0.4) is 0 Å². The molecule has 0 saturated carbocycles. The average molecular weight is 463 g/mol. The van der Waals surface area contributed by atoms with Gasteiger partial charge in [0.1, 0.15) is 0 Å². The largest absolute Gasteiger partial charge is 0.415 e. The Morgan fingerprint density at radius 3 is 2.38 bits per heavy atom. The Morgan fingerprint density at radius 1 is 1.17 bits per heavy atom. The second-order valence-corrected chi connectivity index (χ2v) is 10.4. The van der Waals surface area contributed by atoms with Crippen molar-refractivity contribution in [2.24, 2.45) is 0 Å². The Hall–Kier alpha value is -2.10. The molecule has 2 heterocycles. The Labute approximate surface area is 177 Å². The minimum Gasteiger partial charge on any atom is -0.415 e. The van der Waals surface area contributed by atoms with Crippen molar-refractivity contribution in [3.05, 3.63) is 58.2 Å². The van der Waals surface area contributed by atoms with Gasteiger partial charge in [0.15, 0.2) is 0 Å². The molecule has 1 aromatic carbocycles. The Bertz CT molecular complexity index is 1030. The molecule has 0 atom stereocenters. The second kappa shape index (κ2) is 8.73. The zero-order valence-electron chi connectivity index (χ0n) is 15.5. The van der Waals surface area contributed by atoms with Crippen LogP contribution in [-0.2, 0) is 16.7 Å². The summed E-state index contributed by atoms with van der Waals surface area (Å²) in [5.74, 6) is -0.358. The van der Waals surface area contributed by atoms with Gasteiger partial charge in [-0.25, -0.2) is 0 Å². The predicted octanol–water partition coefficient (Wildman–Crippen LogP) is 4.96. The molecule has 0 spiro atoms. The summed E-state index contributed by atoms with van der Waals surface area (Å²) in [5.41, 5.74) is 1.63. The molecule has 0 aliphatic heterocycles. The van der Waals surface area contributed by atoms with Crippen molar-refractivity contribution in [2.45, 2.75) is 19.9 Å². The molecule has 0 unspecified atom stereocenters. The number of alkyl halides is 2. The van der Waals surface area contributed by atoms with Crippen molar-refractivity contribution in [1.82, 2.24) is 15.2 Å². The highest BCUT2D eigenvalue weighted by molar-refractivity contribution is 8.03. The smallest absolute Gasteiger partial charge is 0.314 e. The Kier molecular flexibility index (Phi) is 6.50. The lowest BCUT2D eigenvalue weighted by Crippen LogP contribution is -2.37. The van der Waals surface area contributed by atoms with Crippen LogP contribution < -0.4 is 4.31 Å². The molecule has 6 nitrogen and oxygen atoms in total. The SMILES string of the molecule is CC[SH](C)(=O)N(Cc1ccc(-c2nnc(C(F)F)o2)cn1)c1cc(Cl)cc(Cl)c1. The van der Waals surface area contributed by atoms with E-state index in [4.69, 9.17) is 27.6 Å². The molecule has 0 radical (unpaired) electrons. The highest BCUT2D eigenvalue weighted by Gasteiger charge is 2.21. The molecule has 156 valence electrons. The van der Waals surface area contributed by atoms with Gasteiger partial charge in [-0.15, -0.1) is 10.2 Å². The third kappa shape index (κ3) is 5.09. The monoisotopic (exact) mass is 462 g/mol. The van der Waals surface area contributed by atoms with Crippen molar-refractivity contribution in [3.8, 4) is 11.5 Å². The summed E-state index contributed by atoms with van der Waals surface area (Å²) in [4.78, 5) is 4.32. The van der Waals surface area contributed by atoms with Crippen LogP contribution in [0.25, 0.3) is 11.5 Å². The summed E-state index contributed by atoms with van der Waals surface area (Å²) in [6, 6.07) is 8.29. The lowest BCUT2D eigenvalue weighted by molar-refractivity contribution is 0.116. The zero-order chi connectivity index (χ0) is 21.2. The highest BCUT2D eigenvalue weighted by Crippen LogP contribution is 2.30. The molecule has 0 aliphatic rings. The van der Waals surface area contributed by atoms with Gasteiger partial charge in [0.05, 0.1) is 23.5 Å². The average Bonchev–Trinajstić information content (AvgIpc) is 3.16. The lowest BCUT2D eigenvalue weighted by atomic mass is 10.2. The van der Waals surface area contributed by atoms with Gasteiger partial charge in [0.25, 0.3) is 5.89 Å². The van der Waals surface area contributed by atoms with Crippen LogP contribution in [-0.4, -0.2) is 31.4 Å². The Balaban J connectivity index is 1.88. The van der Waals surface area contributed by atoms with Crippen molar-refractivity contribution in [2.75, 3.05) is 16.3 Å². The van der Waals surface area contributed by atoms with E-state index in [1.54, 1.807) is 40.9 Å². The summed E-state index contributed by atoms with van der Waals surface area (Å²) in [5, 5.41) is 7.76. The molecule has 0 amide bonds. The second-order valence-electron chi connectivity index (χ2n) is 6.34.